The molecule has 0 saturated heterocycles. The monoisotopic (exact) mass is 373 g/mol. The molecule has 6 heteroatoms. The van der Waals surface area contributed by atoms with Gasteiger partial charge in [0.05, 0.1) is 6.54 Å². The Morgan fingerprint density at radius 2 is 2.33 bits per heavy atom. The lowest BCUT2D eigenvalue weighted by atomic mass is 10.4. The Hall–Kier alpha value is -0.590. The van der Waals surface area contributed by atoms with Crippen LogP contribution in [0.4, 0.5) is 0 Å². The summed E-state index contributed by atoms with van der Waals surface area (Å²) in [5, 5.41) is 8.71. The highest BCUT2D eigenvalue weighted by Gasteiger charge is 2.20. The average molecular weight is 374 g/mol. The molecule has 0 bridgehead atoms. The minimum atomic E-state index is 0.712. The number of hydrogen-bond donors (Lipinski definition) is 2. The van der Waals surface area contributed by atoms with Gasteiger partial charge < -0.3 is 15.4 Å². The third-order valence-corrected chi connectivity index (χ3v) is 4.85. The van der Waals surface area contributed by atoms with Gasteiger partial charge in [-0.2, -0.15) is 0 Å². The second kappa shape index (κ2) is 9.43. The molecule has 2 rings (SSSR count). The molecule has 0 unspecified atom stereocenters. The van der Waals surface area contributed by atoms with Crippen LogP contribution in [0, 0.1) is 5.92 Å². The standard InChI is InChI=1S/C15H24BrN3OS/c1-2-17-15(19-9-14-8-13(16)11-21-14)18-6-3-7-20-10-12-4-5-12/h8,11-12H,2-7,9-10H2,1H3,(H2,17,18,19). The van der Waals surface area contributed by atoms with E-state index in [9.17, 15) is 0 Å². The number of hydrogen-bond acceptors (Lipinski definition) is 3. The predicted molar refractivity (Wildman–Crippen MR) is 93.0 cm³/mol. The van der Waals surface area contributed by atoms with E-state index in [0.717, 1.165) is 49.1 Å². The maximum absolute atomic E-state index is 5.63. The van der Waals surface area contributed by atoms with Gasteiger partial charge in [0.25, 0.3) is 0 Å². The summed E-state index contributed by atoms with van der Waals surface area (Å²) in [5.74, 6) is 1.73. The molecule has 1 heterocycles. The first-order chi connectivity index (χ1) is 10.3. The van der Waals surface area contributed by atoms with Crippen molar-refractivity contribution in [2.75, 3.05) is 26.3 Å². The second-order valence-electron chi connectivity index (χ2n) is 5.23. The van der Waals surface area contributed by atoms with E-state index < -0.39 is 0 Å². The first-order valence-electron chi connectivity index (χ1n) is 7.60. The van der Waals surface area contributed by atoms with Crippen LogP contribution in [0.15, 0.2) is 20.9 Å². The smallest absolute Gasteiger partial charge is 0.191 e. The van der Waals surface area contributed by atoms with Crippen LogP contribution in [0.25, 0.3) is 0 Å². The van der Waals surface area contributed by atoms with Crippen molar-refractivity contribution in [2.45, 2.75) is 32.7 Å². The lowest BCUT2D eigenvalue weighted by molar-refractivity contribution is 0.123. The third-order valence-electron chi connectivity index (χ3n) is 3.17. The van der Waals surface area contributed by atoms with Crippen LogP contribution < -0.4 is 10.6 Å². The highest BCUT2D eigenvalue weighted by molar-refractivity contribution is 9.10. The summed E-state index contributed by atoms with van der Waals surface area (Å²) in [6.45, 7) is 6.34. The van der Waals surface area contributed by atoms with Gasteiger partial charge in [-0.3, -0.25) is 0 Å². The fraction of sp³-hybridized carbons (Fsp3) is 0.667. The van der Waals surface area contributed by atoms with Crippen molar-refractivity contribution < 1.29 is 4.74 Å². The van der Waals surface area contributed by atoms with Gasteiger partial charge in [0, 0.05) is 41.0 Å². The van der Waals surface area contributed by atoms with Crippen molar-refractivity contribution in [3.05, 3.63) is 20.8 Å². The molecule has 0 atom stereocenters. The zero-order valence-electron chi connectivity index (χ0n) is 12.5. The van der Waals surface area contributed by atoms with Crippen LogP contribution in [0.3, 0.4) is 0 Å². The fourth-order valence-electron chi connectivity index (χ4n) is 1.85. The van der Waals surface area contributed by atoms with Crippen molar-refractivity contribution in [3.63, 3.8) is 0 Å². The molecule has 1 aromatic heterocycles. The summed E-state index contributed by atoms with van der Waals surface area (Å²) in [4.78, 5) is 5.85. The fourth-order valence-corrected chi connectivity index (χ4v) is 3.23. The highest BCUT2D eigenvalue weighted by Crippen LogP contribution is 2.28. The summed E-state index contributed by atoms with van der Waals surface area (Å²) in [6.07, 6.45) is 3.73. The molecule has 2 N–H and O–H groups in total. The van der Waals surface area contributed by atoms with Gasteiger partial charge in [0.2, 0.25) is 0 Å². The van der Waals surface area contributed by atoms with Gasteiger partial charge in [-0.05, 0) is 54.1 Å². The zero-order valence-corrected chi connectivity index (χ0v) is 14.9. The third kappa shape index (κ3) is 7.29. The average Bonchev–Trinajstić information content (AvgIpc) is 3.21. The Labute approximate surface area is 139 Å². The second-order valence-corrected chi connectivity index (χ2v) is 7.14. The summed E-state index contributed by atoms with van der Waals surface area (Å²) >= 11 is 5.19. The van der Waals surface area contributed by atoms with Gasteiger partial charge in [-0.15, -0.1) is 11.3 Å². The number of nitrogens with zero attached hydrogens (tertiary/aromatic N) is 1. The molecule has 4 nitrogen and oxygen atoms in total. The quantitative estimate of drug-likeness (QED) is 0.396. The number of guanidine groups is 1. The van der Waals surface area contributed by atoms with Crippen LogP contribution in [0.1, 0.15) is 31.1 Å². The van der Waals surface area contributed by atoms with E-state index in [1.54, 1.807) is 11.3 Å². The number of halogens is 1. The minimum absolute atomic E-state index is 0.712. The van der Waals surface area contributed by atoms with E-state index in [1.807, 2.05) is 0 Å². The van der Waals surface area contributed by atoms with E-state index in [0.29, 0.717) is 6.54 Å². The van der Waals surface area contributed by atoms with E-state index >= 15 is 0 Å². The Bertz CT molecular complexity index is 446. The maximum Gasteiger partial charge on any atom is 0.191 e. The first kappa shape index (κ1) is 16.8. The van der Waals surface area contributed by atoms with Gasteiger partial charge in [0.15, 0.2) is 5.96 Å². The molecular weight excluding hydrogens is 350 g/mol. The molecular formula is C15H24BrN3OS. The van der Waals surface area contributed by atoms with Crippen molar-refractivity contribution in [1.29, 1.82) is 0 Å². The van der Waals surface area contributed by atoms with Crippen molar-refractivity contribution in [2.24, 2.45) is 10.9 Å². The van der Waals surface area contributed by atoms with Crippen LogP contribution in [-0.4, -0.2) is 32.3 Å². The molecule has 0 aliphatic heterocycles. The molecule has 1 aliphatic rings. The Morgan fingerprint density at radius 1 is 1.48 bits per heavy atom. The number of ether oxygens (including phenoxy) is 1. The molecule has 21 heavy (non-hydrogen) atoms. The number of thiophene rings is 1. The van der Waals surface area contributed by atoms with Gasteiger partial charge in [-0.1, -0.05) is 0 Å². The van der Waals surface area contributed by atoms with E-state index in [4.69, 9.17) is 4.74 Å². The molecule has 0 spiro atoms. The van der Waals surface area contributed by atoms with Crippen LogP contribution in [0.5, 0.6) is 0 Å². The van der Waals surface area contributed by atoms with Crippen LogP contribution >= 0.6 is 27.3 Å². The summed E-state index contributed by atoms with van der Waals surface area (Å²) < 4.78 is 6.76. The summed E-state index contributed by atoms with van der Waals surface area (Å²) in [5.41, 5.74) is 0. The van der Waals surface area contributed by atoms with Gasteiger partial charge >= 0.3 is 0 Å². The van der Waals surface area contributed by atoms with E-state index in [2.05, 4.69) is 49.9 Å². The molecule has 1 aliphatic carbocycles. The number of rotatable bonds is 9. The topological polar surface area (TPSA) is 45.7 Å². The van der Waals surface area contributed by atoms with E-state index in [1.165, 1.54) is 17.7 Å². The SMILES string of the molecule is CCNC(=NCc1cc(Br)cs1)NCCCOCC1CC1. The Kier molecular flexibility index (Phi) is 7.53. The zero-order chi connectivity index (χ0) is 14.9. The predicted octanol–water partition coefficient (Wildman–Crippen LogP) is 3.38. The normalized spacial score (nSPS) is 15.2. The highest BCUT2D eigenvalue weighted by atomic mass is 79.9. The summed E-state index contributed by atoms with van der Waals surface area (Å²) in [7, 11) is 0. The molecule has 1 saturated carbocycles. The van der Waals surface area contributed by atoms with Crippen molar-refractivity contribution >= 4 is 33.2 Å². The Morgan fingerprint density at radius 3 is 3.00 bits per heavy atom. The lowest BCUT2D eigenvalue weighted by Crippen LogP contribution is -2.38. The lowest BCUT2D eigenvalue weighted by Gasteiger charge is -2.11. The largest absolute Gasteiger partial charge is 0.381 e. The van der Waals surface area contributed by atoms with Crippen molar-refractivity contribution in [3.8, 4) is 0 Å². The van der Waals surface area contributed by atoms with E-state index in [-0.39, 0.29) is 0 Å². The molecule has 118 valence electrons. The number of aliphatic imine (C=N–C) groups is 1. The summed E-state index contributed by atoms with van der Waals surface area (Å²) in [6, 6.07) is 2.11. The molecule has 1 fully saturated rings. The van der Waals surface area contributed by atoms with Crippen LogP contribution in [-0.2, 0) is 11.3 Å². The van der Waals surface area contributed by atoms with Gasteiger partial charge in [-0.25, -0.2) is 4.99 Å². The maximum atomic E-state index is 5.63. The molecule has 0 radical (unpaired) electrons. The van der Waals surface area contributed by atoms with Gasteiger partial charge in [0.1, 0.15) is 0 Å². The first-order valence-corrected chi connectivity index (χ1v) is 9.28. The molecule has 0 amide bonds. The minimum Gasteiger partial charge on any atom is -0.381 e. The molecule has 1 aromatic rings. The Balaban J connectivity index is 1.62. The number of nitrogens with one attached hydrogen (secondary N) is 2. The van der Waals surface area contributed by atoms with Crippen LogP contribution in [0.2, 0.25) is 0 Å². The molecule has 0 aromatic carbocycles. The van der Waals surface area contributed by atoms with Crippen molar-refractivity contribution in [1.82, 2.24) is 10.6 Å².